The zero-order chi connectivity index (χ0) is 21.0. The SMILES string of the molecule is CCNC(=NCc1ccc(OCc2ccccn2)cc1)NCCc1ccccc1F. The molecule has 156 valence electrons. The van der Waals surface area contributed by atoms with E-state index in [9.17, 15) is 4.39 Å². The minimum Gasteiger partial charge on any atom is -0.487 e. The highest BCUT2D eigenvalue weighted by Gasteiger charge is 2.03. The van der Waals surface area contributed by atoms with E-state index in [0.29, 0.717) is 37.6 Å². The molecule has 3 rings (SSSR count). The predicted octanol–water partition coefficient (Wildman–Crippen LogP) is 4.10. The zero-order valence-corrected chi connectivity index (χ0v) is 17.1. The van der Waals surface area contributed by atoms with Gasteiger partial charge in [0.2, 0.25) is 0 Å². The maximum absolute atomic E-state index is 13.7. The van der Waals surface area contributed by atoms with Gasteiger partial charge in [0.15, 0.2) is 5.96 Å². The summed E-state index contributed by atoms with van der Waals surface area (Å²) in [6, 6.07) is 20.5. The third-order valence-electron chi connectivity index (χ3n) is 4.44. The second-order valence-corrected chi connectivity index (χ2v) is 6.72. The minimum absolute atomic E-state index is 0.174. The van der Waals surface area contributed by atoms with Gasteiger partial charge in [0, 0.05) is 19.3 Å². The Morgan fingerprint density at radius 2 is 1.80 bits per heavy atom. The fourth-order valence-electron chi connectivity index (χ4n) is 2.86. The Balaban J connectivity index is 1.49. The Kier molecular flexibility index (Phi) is 8.21. The van der Waals surface area contributed by atoms with E-state index in [2.05, 4.69) is 20.6 Å². The van der Waals surface area contributed by atoms with Crippen LogP contribution in [0.4, 0.5) is 4.39 Å². The standard InChI is InChI=1S/C24H27FN4O/c1-2-26-24(28-16-14-20-7-3-4-9-23(20)25)29-17-19-10-12-22(13-11-19)30-18-21-8-5-6-15-27-21/h3-13,15H,2,14,16-18H2,1H3,(H2,26,28,29). The number of guanidine groups is 1. The third-order valence-corrected chi connectivity index (χ3v) is 4.44. The molecular formula is C24H27FN4O. The van der Waals surface area contributed by atoms with Crippen LogP contribution in [0.3, 0.4) is 0 Å². The molecule has 0 atom stereocenters. The molecule has 0 aliphatic carbocycles. The lowest BCUT2D eigenvalue weighted by atomic mass is 10.1. The fraction of sp³-hybridized carbons (Fsp3) is 0.250. The van der Waals surface area contributed by atoms with E-state index in [4.69, 9.17) is 4.74 Å². The summed E-state index contributed by atoms with van der Waals surface area (Å²) in [7, 11) is 0. The zero-order valence-electron chi connectivity index (χ0n) is 17.1. The van der Waals surface area contributed by atoms with Gasteiger partial charge in [-0.25, -0.2) is 9.38 Å². The number of aromatic nitrogens is 1. The number of aliphatic imine (C=N–C) groups is 1. The van der Waals surface area contributed by atoms with Crippen molar-refractivity contribution < 1.29 is 9.13 Å². The number of benzene rings is 2. The first-order chi connectivity index (χ1) is 14.7. The molecule has 1 heterocycles. The molecule has 0 aliphatic heterocycles. The molecule has 0 saturated carbocycles. The highest BCUT2D eigenvalue weighted by molar-refractivity contribution is 5.79. The van der Waals surface area contributed by atoms with Gasteiger partial charge in [-0.1, -0.05) is 36.4 Å². The van der Waals surface area contributed by atoms with Crippen molar-refractivity contribution in [1.29, 1.82) is 0 Å². The largest absolute Gasteiger partial charge is 0.487 e. The lowest BCUT2D eigenvalue weighted by Crippen LogP contribution is -2.38. The van der Waals surface area contributed by atoms with Crippen molar-refractivity contribution in [2.45, 2.75) is 26.5 Å². The monoisotopic (exact) mass is 406 g/mol. The fourth-order valence-corrected chi connectivity index (χ4v) is 2.86. The summed E-state index contributed by atoms with van der Waals surface area (Å²) in [4.78, 5) is 8.86. The molecule has 0 fully saturated rings. The van der Waals surface area contributed by atoms with Gasteiger partial charge in [0.1, 0.15) is 18.2 Å². The molecule has 0 radical (unpaired) electrons. The van der Waals surface area contributed by atoms with Crippen LogP contribution >= 0.6 is 0 Å². The van der Waals surface area contributed by atoms with Crippen molar-refractivity contribution in [3.63, 3.8) is 0 Å². The lowest BCUT2D eigenvalue weighted by Gasteiger charge is -2.12. The first-order valence-corrected chi connectivity index (χ1v) is 10.1. The molecule has 0 aliphatic rings. The van der Waals surface area contributed by atoms with Crippen molar-refractivity contribution in [3.05, 3.63) is 95.6 Å². The summed E-state index contributed by atoms with van der Waals surface area (Å²) in [5.41, 5.74) is 2.66. The van der Waals surface area contributed by atoms with Crippen LogP contribution in [0.25, 0.3) is 0 Å². The van der Waals surface area contributed by atoms with Gasteiger partial charge in [-0.2, -0.15) is 0 Å². The number of nitrogens with zero attached hydrogens (tertiary/aromatic N) is 2. The quantitative estimate of drug-likeness (QED) is 0.415. The van der Waals surface area contributed by atoms with Crippen LogP contribution in [0, 0.1) is 5.82 Å². The van der Waals surface area contributed by atoms with Crippen molar-refractivity contribution >= 4 is 5.96 Å². The molecule has 2 aromatic carbocycles. The van der Waals surface area contributed by atoms with Crippen LogP contribution in [0.1, 0.15) is 23.7 Å². The molecule has 5 nitrogen and oxygen atoms in total. The highest BCUT2D eigenvalue weighted by atomic mass is 19.1. The lowest BCUT2D eigenvalue weighted by molar-refractivity contribution is 0.301. The van der Waals surface area contributed by atoms with Gasteiger partial charge in [0.25, 0.3) is 0 Å². The molecular weight excluding hydrogens is 379 g/mol. The number of hydrogen-bond donors (Lipinski definition) is 2. The van der Waals surface area contributed by atoms with Crippen LogP contribution in [0.15, 0.2) is 77.9 Å². The second-order valence-electron chi connectivity index (χ2n) is 6.72. The van der Waals surface area contributed by atoms with Gasteiger partial charge >= 0.3 is 0 Å². The smallest absolute Gasteiger partial charge is 0.191 e. The van der Waals surface area contributed by atoms with Gasteiger partial charge in [-0.15, -0.1) is 0 Å². The van der Waals surface area contributed by atoms with E-state index in [-0.39, 0.29) is 5.82 Å². The Bertz CT molecular complexity index is 929. The number of rotatable bonds is 9. The van der Waals surface area contributed by atoms with Crippen molar-refractivity contribution in [3.8, 4) is 5.75 Å². The first kappa shape index (κ1) is 21.3. The molecule has 0 unspecified atom stereocenters. The summed E-state index contributed by atoms with van der Waals surface area (Å²) in [6.07, 6.45) is 2.35. The van der Waals surface area contributed by atoms with E-state index >= 15 is 0 Å². The number of nitrogens with one attached hydrogen (secondary N) is 2. The summed E-state index contributed by atoms with van der Waals surface area (Å²) in [6.45, 7) is 4.35. The summed E-state index contributed by atoms with van der Waals surface area (Å²) < 4.78 is 19.5. The van der Waals surface area contributed by atoms with Crippen molar-refractivity contribution in [2.75, 3.05) is 13.1 Å². The van der Waals surface area contributed by atoms with Gasteiger partial charge < -0.3 is 15.4 Å². The first-order valence-electron chi connectivity index (χ1n) is 10.1. The number of hydrogen-bond acceptors (Lipinski definition) is 3. The van der Waals surface area contributed by atoms with Crippen molar-refractivity contribution in [1.82, 2.24) is 15.6 Å². The van der Waals surface area contributed by atoms with Gasteiger partial charge in [0.05, 0.1) is 12.2 Å². The topological polar surface area (TPSA) is 58.5 Å². The van der Waals surface area contributed by atoms with E-state index in [1.54, 1.807) is 18.3 Å². The molecule has 0 amide bonds. The number of halogens is 1. The Morgan fingerprint density at radius 3 is 2.53 bits per heavy atom. The van der Waals surface area contributed by atoms with Crippen LogP contribution < -0.4 is 15.4 Å². The molecule has 30 heavy (non-hydrogen) atoms. The molecule has 0 saturated heterocycles. The maximum atomic E-state index is 13.7. The van der Waals surface area contributed by atoms with Gasteiger partial charge in [-0.3, -0.25) is 4.98 Å². The molecule has 1 aromatic heterocycles. The predicted molar refractivity (Wildman–Crippen MR) is 118 cm³/mol. The Hall–Kier alpha value is -3.41. The molecule has 0 bridgehead atoms. The van der Waals surface area contributed by atoms with E-state index in [0.717, 1.165) is 23.6 Å². The van der Waals surface area contributed by atoms with Crippen molar-refractivity contribution in [2.24, 2.45) is 4.99 Å². The van der Waals surface area contributed by atoms with Crippen LogP contribution in [-0.4, -0.2) is 24.0 Å². The average Bonchev–Trinajstić information content (AvgIpc) is 2.79. The van der Waals surface area contributed by atoms with E-state index in [1.807, 2.05) is 55.5 Å². The molecule has 3 aromatic rings. The number of pyridine rings is 1. The summed E-state index contributed by atoms with van der Waals surface area (Å²) in [5, 5.41) is 6.47. The molecule has 6 heteroatoms. The molecule has 0 spiro atoms. The van der Waals surface area contributed by atoms with Gasteiger partial charge in [-0.05, 0) is 54.8 Å². The van der Waals surface area contributed by atoms with Crippen LogP contribution in [0.2, 0.25) is 0 Å². The van der Waals surface area contributed by atoms with Crippen LogP contribution in [-0.2, 0) is 19.6 Å². The maximum Gasteiger partial charge on any atom is 0.191 e. The highest BCUT2D eigenvalue weighted by Crippen LogP contribution is 2.14. The average molecular weight is 407 g/mol. The molecule has 2 N–H and O–H groups in total. The normalized spacial score (nSPS) is 11.2. The Labute approximate surface area is 177 Å². The minimum atomic E-state index is -0.174. The Morgan fingerprint density at radius 1 is 1.00 bits per heavy atom. The van der Waals surface area contributed by atoms with Crippen LogP contribution in [0.5, 0.6) is 5.75 Å². The summed E-state index contributed by atoms with van der Waals surface area (Å²) >= 11 is 0. The third kappa shape index (κ3) is 6.88. The summed E-state index contributed by atoms with van der Waals surface area (Å²) in [5.74, 6) is 1.33. The van der Waals surface area contributed by atoms with E-state index in [1.165, 1.54) is 6.07 Å². The number of ether oxygens (including phenoxy) is 1. The second kappa shape index (κ2) is 11.6. The van der Waals surface area contributed by atoms with E-state index < -0.39 is 0 Å².